The van der Waals surface area contributed by atoms with Crippen molar-refractivity contribution in [3.05, 3.63) is 107 Å². The fourth-order valence-electron chi connectivity index (χ4n) is 5.31. The van der Waals surface area contributed by atoms with Crippen LogP contribution in [0.1, 0.15) is 40.2 Å². The molecule has 11 nitrogen and oxygen atoms in total. The molecule has 4 aromatic rings. The Kier molecular flexibility index (Phi) is 10.6. The molecule has 1 saturated heterocycles. The van der Waals surface area contributed by atoms with E-state index in [0.717, 1.165) is 44.3 Å². The van der Waals surface area contributed by atoms with Crippen LogP contribution in [0, 0.1) is 0 Å². The van der Waals surface area contributed by atoms with Crippen molar-refractivity contribution in [1.29, 1.82) is 0 Å². The van der Waals surface area contributed by atoms with Crippen molar-refractivity contribution >= 4 is 50.6 Å². The van der Waals surface area contributed by atoms with Gasteiger partial charge in [0.25, 0.3) is 5.91 Å². The first kappa shape index (κ1) is 33.7. The van der Waals surface area contributed by atoms with Gasteiger partial charge < -0.3 is 20.3 Å². The zero-order valence-corrected chi connectivity index (χ0v) is 27.9. The minimum atomic E-state index is -3.33. The minimum Gasteiger partial charge on any atom is -0.439 e. The Morgan fingerprint density at radius 3 is 2.17 bits per heavy atom. The number of rotatable bonds is 10. The molecule has 1 aromatic heterocycles. The van der Waals surface area contributed by atoms with E-state index in [1.165, 1.54) is 10.5 Å². The number of hydrogen-bond donors (Lipinski definition) is 3. The van der Waals surface area contributed by atoms with Crippen LogP contribution >= 0.6 is 11.6 Å². The molecule has 0 unspecified atom stereocenters. The summed E-state index contributed by atoms with van der Waals surface area (Å²) in [6.07, 6.45) is 4.97. The third-order valence-corrected chi connectivity index (χ3v) is 8.61. The first-order valence-electron chi connectivity index (χ1n) is 15.0. The third kappa shape index (κ3) is 9.67. The highest BCUT2D eigenvalue weighted by Gasteiger charge is 2.21. The normalized spacial score (nSPS) is 13.9. The van der Waals surface area contributed by atoms with E-state index in [1.54, 1.807) is 56.6 Å². The number of anilines is 3. The van der Waals surface area contributed by atoms with E-state index in [1.807, 2.05) is 30.5 Å². The number of likely N-dealkylation sites (tertiary alicyclic amines) is 1. The molecule has 0 bridgehead atoms. The molecule has 13 heteroatoms. The van der Waals surface area contributed by atoms with Gasteiger partial charge in [-0.2, -0.15) is 0 Å². The number of sulfonamides is 1. The average Bonchev–Trinajstić information content (AvgIpc) is 3.03. The third-order valence-electron chi connectivity index (χ3n) is 7.67. The van der Waals surface area contributed by atoms with Crippen LogP contribution in [0.15, 0.2) is 85.1 Å². The fraction of sp³-hybridized carbons (Fsp3) is 0.265. The van der Waals surface area contributed by atoms with E-state index in [4.69, 9.17) is 16.3 Å². The van der Waals surface area contributed by atoms with Crippen LogP contribution < -0.4 is 20.1 Å². The Morgan fingerprint density at radius 1 is 0.915 bits per heavy atom. The number of aromatic nitrogens is 1. The summed E-state index contributed by atoms with van der Waals surface area (Å²) in [7, 11) is -0.0504. The molecule has 5 rings (SSSR count). The molecule has 2 heterocycles. The standard InChI is InChI=1S/C34H37ClN6O5S/c1-40(2)33(42)30-20-28(11-14-31(30)35)38-34(43)37-26-7-5-24(6-8-26)25-16-18-41(19-17-25)22-23-4-15-32(36-21-23)46-29-12-9-27(10-13-29)39-47(3,44)45/h4-15,20-21,25,39H,16-19,22H2,1-3H3,(H2,37,38,43). The highest BCUT2D eigenvalue weighted by atomic mass is 35.5. The number of nitrogens with one attached hydrogen (secondary N) is 3. The lowest BCUT2D eigenvalue weighted by atomic mass is 9.89. The van der Waals surface area contributed by atoms with Gasteiger partial charge in [0, 0.05) is 50.0 Å². The number of urea groups is 1. The van der Waals surface area contributed by atoms with Crippen molar-refractivity contribution in [1.82, 2.24) is 14.8 Å². The topological polar surface area (TPSA) is 133 Å². The van der Waals surface area contributed by atoms with Crippen LogP contribution in [0.25, 0.3) is 0 Å². The predicted octanol–water partition coefficient (Wildman–Crippen LogP) is 6.62. The summed E-state index contributed by atoms with van der Waals surface area (Å²) in [5.41, 5.74) is 4.25. The summed E-state index contributed by atoms with van der Waals surface area (Å²) in [5, 5.41) is 5.93. The molecule has 3 N–H and O–H groups in total. The number of hydrogen-bond acceptors (Lipinski definition) is 7. The van der Waals surface area contributed by atoms with Crippen LogP contribution in [-0.2, 0) is 16.6 Å². The Labute approximate surface area is 280 Å². The van der Waals surface area contributed by atoms with Crippen LogP contribution in [0.3, 0.4) is 0 Å². The monoisotopic (exact) mass is 676 g/mol. The molecule has 0 saturated carbocycles. The molecule has 0 radical (unpaired) electrons. The van der Waals surface area contributed by atoms with Gasteiger partial charge in [0.2, 0.25) is 15.9 Å². The lowest BCUT2D eigenvalue weighted by molar-refractivity contribution is 0.0827. The van der Waals surface area contributed by atoms with Gasteiger partial charge in [-0.25, -0.2) is 18.2 Å². The highest BCUT2D eigenvalue weighted by Crippen LogP contribution is 2.30. The van der Waals surface area contributed by atoms with E-state index in [9.17, 15) is 18.0 Å². The number of halogens is 1. The Hall–Kier alpha value is -4.65. The van der Waals surface area contributed by atoms with Crippen molar-refractivity contribution in [2.24, 2.45) is 0 Å². The maximum Gasteiger partial charge on any atom is 0.323 e. The van der Waals surface area contributed by atoms with E-state index in [2.05, 4.69) is 37.4 Å². The number of nitrogens with zero attached hydrogens (tertiary/aromatic N) is 3. The molecule has 0 aliphatic carbocycles. The Morgan fingerprint density at radius 2 is 1.55 bits per heavy atom. The van der Waals surface area contributed by atoms with Crippen LogP contribution in [0.4, 0.5) is 21.9 Å². The van der Waals surface area contributed by atoms with Crippen LogP contribution in [0.2, 0.25) is 5.02 Å². The quantitative estimate of drug-likeness (QED) is 0.172. The molecule has 1 fully saturated rings. The number of piperidine rings is 1. The predicted molar refractivity (Wildman–Crippen MR) is 185 cm³/mol. The van der Waals surface area contributed by atoms with Crippen molar-refractivity contribution in [3.63, 3.8) is 0 Å². The van der Waals surface area contributed by atoms with Gasteiger partial charge in [0.05, 0.1) is 16.8 Å². The Balaban J connectivity index is 1.07. The summed E-state index contributed by atoms with van der Waals surface area (Å²) < 4.78 is 31.0. The summed E-state index contributed by atoms with van der Waals surface area (Å²) in [6, 6.07) is 22.8. The number of benzene rings is 3. The first-order valence-corrected chi connectivity index (χ1v) is 17.3. The SMILES string of the molecule is CN(C)C(=O)c1cc(NC(=O)Nc2ccc(C3CCN(Cc4ccc(Oc5ccc(NS(C)(=O)=O)cc5)nc4)CC3)cc2)ccc1Cl. The fourth-order valence-corrected chi connectivity index (χ4v) is 6.08. The van der Waals surface area contributed by atoms with Gasteiger partial charge in [-0.15, -0.1) is 0 Å². The number of pyridine rings is 1. The zero-order valence-electron chi connectivity index (χ0n) is 26.4. The molecule has 0 atom stereocenters. The van der Waals surface area contributed by atoms with E-state index in [-0.39, 0.29) is 5.91 Å². The van der Waals surface area contributed by atoms with E-state index in [0.29, 0.717) is 45.2 Å². The van der Waals surface area contributed by atoms with Gasteiger partial charge in [-0.1, -0.05) is 29.8 Å². The molecule has 1 aliphatic heterocycles. The lowest BCUT2D eigenvalue weighted by Crippen LogP contribution is -2.32. The number of amides is 3. The maximum atomic E-state index is 12.6. The number of carbonyl (C=O) groups is 2. The van der Waals surface area contributed by atoms with Gasteiger partial charge in [0.1, 0.15) is 5.75 Å². The largest absolute Gasteiger partial charge is 0.439 e. The highest BCUT2D eigenvalue weighted by molar-refractivity contribution is 7.92. The van der Waals surface area contributed by atoms with Gasteiger partial charge in [0.15, 0.2) is 0 Å². The lowest BCUT2D eigenvalue weighted by Gasteiger charge is -2.32. The van der Waals surface area contributed by atoms with Crippen LogP contribution in [0.5, 0.6) is 11.6 Å². The van der Waals surface area contributed by atoms with Crippen molar-refractivity contribution in [2.75, 3.05) is 48.8 Å². The van der Waals surface area contributed by atoms with E-state index < -0.39 is 16.1 Å². The second kappa shape index (κ2) is 14.8. The average molecular weight is 677 g/mol. The minimum absolute atomic E-state index is 0.244. The zero-order chi connectivity index (χ0) is 33.6. The molecule has 47 heavy (non-hydrogen) atoms. The van der Waals surface area contributed by atoms with Gasteiger partial charge >= 0.3 is 6.03 Å². The van der Waals surface area contributed by atoms with Crippen LogP contribution in [-0.4, -0.2) is 68.6 Å². The van der Waals surface area contributed by atoms with Crippen molar-refractivity contribution in [3.8, 4) is 11.6 Å². The summed E-state index contributed by atoms with van der Waals surface area (Å²) in [6.45, 7) is 2.71. The van der Waals surface area contributed by atoms with Crippen molar-refractivity contribution < 1.29 is 22.7 Å². The summed E-state index contributed by atoms with van der Waals surface area (Å²) in [5.74, 6) is 1.21. The molecule has 246 valence electrons. The first-order chi connectivity index (χ1) is 22.4. The Bertz CT molecular complexity index is 1810. The smallest absolute Gasteiger partial charge is 0.323 e. The summed E-state index contributed by atoms with van der Waals surface area (Å²) in [4.78, 5) is 33.2. The maximum absolute atomic E-state index is 12.6. The van der Waals surface area contributed by atoms with Gasteiger partial charge in [-0.3, -0.25) is 14.4 Å². The molecular formula is C34H37ClN6O5S. The second-order valence-corrected chi connectivity index (χ2v) is 13.8. The molecular weight excluding hydrogens is 640 g/mol. The summed E-state index contributed by atoms with van der Waals surface area (Å²) >= 11 is 6.17. The molecule has 3 aromatic carbocycles. The molecule has 0 spiro atoms. The van der Waals surface area contributed by atoms with E-state index >= 15 is 0 Å². The molecule has 3 amide bonds. The van der Waals surface area contributed by atoms with Crippen molar-refractivity contribution in [2.45, 2.75) is 25.3 Å². The number of ether oxygens (including phenoxy) is 1. The molecule has 1 aliphatic rings. The van der Waals surface area contributed by atoms with Gasteiger partial charge in [-0.05, 0) is 97.6 Å². The number of carbonyl (C=O) groups excluding carboxylic acids is 2. The second-order valence-electron chi connectivity index (χ2n) is 11.7.